The molecule has 0 heterocycles. The van der Waals surface area contributed by atoms with Crippen molar-refractivity contribution in [2.75, 3.05) is 13.2 Å². The molecule has 0 unspecified atom stereocenters. The van der Waals surface area contributed by atoms with Crippen LogP contribution in [0.5, 0.6) is 11.5 Å². The van der Waals surface area contributed by atoms with Gasteiger partial charge in [-0.3, -0.25) is 0 Å². The fourth-order valence-electron chi connectivity index (χ4n) is 2.11. The first-order valence-electron chi connectivity index (χ1n) is 7.16. The van der Waals surface area contributed by atoms with Gasteiger partial charge in [-0.2, -0.15) is 5.26 Å². The quantitative estimate of drug-likeness (QED) is 0.688. The van der Waals surface area contributed by atoms with E-state index in [4.69, 9.17) is 14.7 Å². The number of benzene rings is 2. The standard InChI is InChI=1S/C18H18BrNO2/c1-13(2)16-5-3-4-6-18(16)22-10-9-21-17-8-7-15(19)11-14(17)12-20/h3-8,11,13H,9-10H2,1-2H3. The Morgan fingerprint density at radius 1 is 1.05 bits per heavy atom. The number of ether oxygens (including phenoxy) is 2. The van der Waals surface area contributed by atoms with Crippen LogP contribution in [0.15, 0.2) is 46.9 Å². The zero-order chi connectivity index (χ0) is 15.9. The van der Waals surface area contributed by atoms with Crippen LogP contribution in [-0.2, 0) is 0 Å². The molecule has 0 amide bonds. The van der Waals surface area contributed by atoms with E-state index in [1.807, 2.05) is 24.3 Å². The summed E-state index contributed by atoms with van der Waals surface area (Å²) in [4.78, 5) is 0. The molecule has 0 aliphatic carbocycles. The number of nitrogens with zero attached hydrogens (tertiary/aromatic N) is 1. The van der Waals surface area contributed by atoms with Gasteiger partial charge in [0.1, 0.15) is 30.8 Å². The molecule has 0 N–H and O–H groups in total. The summed E-state index contributed by atoms with van der Waals surface area (Å²) >= 11 is 3.34. The zero-order valence-corrected chi connectivity index (χ0v) is 14.3. The molecule has 0 radical (unpaired) electrons. The SMILES string of the molecule is CC(C)c1ccccc1OCCOc1ccc(Br)cc1C#N. The molecule has 0 saturated carbocycles. The molecule has 0 saturated heterocycles. The van der Waals surface area contributed by atoms with E-state index in [0.717, 1.165) is 10.2 Å². The van der Waals surface area contributed by atoms with Crippen molar-refractivity contribution in [3.63, 3.8) is 0 Å². The first kappa shape index (κ1) is 16.4. The van der Waals surface area contributed by atoms with Crippen molar-refractivity contribution in [1.29, 1.82) is 5.26 Å². The Kier molecular flexibility index (Phi) is 5.85. The van der Waals surface area contributed by atoms with Crippen LogP contribution < -0.4 is 9.47 Å². The number of rotatable bonds is 6. The van der Waals surface area contributed by atoms with Crippen LogP contribution in [0.25, 0.3) is 0 Å². The van der Waals surface area contributed by atoms with Crippen LogP contribution in [0.1, 0.15) is 30.9 Å². The van der Waals surface area contributed by atoms with Gasteiger partial charge in [0.2, 0.25) is 0 Å². The molecule has 0 bridgehead atoms. The highest BCUT2D eigenvalue weighted by Crippen LogP contribution is 2.26. The van der Waals surface area contributed by atoms with Crippen molar-refractivity contribution in [3.05, 3.63) is 58.1 Å². The van der Waals surface area contributed by atoms with Gasteiger partial charge in [0, 0.05) is 4.47 Å². The maximum Gasteiger partial charge on any atom is 0.137 e. The Morgan fingerprint density at radius 2 is 1.73 bits per heavy atom. The van der Waals surface area contributed by atoms with E-state index in [0.29, 0.717) is 30.4 Å². The van der Waals surface area contributed by atoms with Crippen LogP contribution in [-0.4, -0.2) is 13.2 Å². The van der Waals surface area contributed by atoms with E-state index in [2.05, 4.69) is 41.9 Å². The normalized spacial score (nSPS) is 10.3. The van der Waals surface area contributed by atoms with Gasteiger partial charge >= 0.3 is 0 Å². The first-order valence-corrected chi connectivity index (χ1v) is 7.95. The number of para-hydroxylation sites is 1. The highest BCUT2D eigenvalue weighted by Gasteiger charge is 2.07. The molecule has 3 nitrogen and oxygen atoms in total. The second-order valence-corrected chi connectivity index (χ2v) is 6.06. The summed E-state index contributed by atoms with van der Waals surface area (Å²) in [5.41, 5.74) is 1.70. The van der Waals surface area contributed by atoms with Crippen molar-refractivity contribution >= 4 is 15.9 Å². The molecule has 22 heavy (non-hydrogen) atoms. The van der Waals surface area contributed by atoms with Gasteiger partial charge in [-0.05, 0) is 35.7 Å². The zero-order valence-electron chi connectivity index (χ0n) is 12.7. The van der Waals surface area contributed by atoms with E-state index in [1.54, 1.807) is 12.1 Å². The van der Waals surface area contributed by atoms with E-state index in [-0.39, 0.29) is 0 Å². The average Bonchev–Trinajstić information content (AvgIpc) is 2.52. The summed E-state index contributed by atoms with van der Waals surface area (Å²) in [6.07, 6.45) is 0. The second-order valence-electron chi connectivity index (χ2n) is 5.14. The predicted molar refractivity (Wildman–Crippen MR) is 90.4 cm³/mol. The molecule has 4 heteroatoms. The van der Waals surface area contributed by atoms with Crippen molar-refractivity contribution in [3.8, 4) is 17.6 Å². The Bertz CT molecular complexity index is 677. The third kappa shape index (κ3) is 4.25. The topological polar surface area (TPSA) is 42.2 Å². The van der Waals surface area contributed by atoms with Gasteiger partial charge in [-0.25, -0.2) is 0 Å². The summed E-state index contributed by atoms with van der Waals surface area (Å²) in [5, 5.41) is 9.09. The minimum absolute atomic E-state index is 0.392. The molecular formula is C18H18BrNO2. The number of hydrogen-bond acceptors (Lipinski definition) is 3. The molecule has 114 valence electrons. The molecule has 0 aliphatic heterocycles. The summed E-state index contributed by atoms with van der Waals surface area (Å²) in [6.45, 7) is 5.10. The van der Waals surface area contributed by atoms with Crippen molar-refractivity contribution in [2.45, 2.75) is 19.8 Å². The number of nitriles is 1. The van der Waals surface area contributed by atoms with Gasteiger partial charge in [0.25, 0.3) is 0 Å². The van der Waals surface area contributed by atoms with Crippen LogP contribution in [0.3, 0.4) is 0 Å². The Labute approximate surface area is 139 Å². The van der Waals surface area contributed by atoms with E-state index < -0.39 is 0 Å². The molecule has 0 fully saturated rings. The van der Waals surface area contributed by atoms with Gasteiger partial charge in [-0.1, -0.05) is 48.0 Å². The Balaban J connectivity index is 1.92. The lowest BCUT2D eigenvalue weighted by atomic mass is 10.0. The Hall–Kier alpha value is -1.99. The van der Waals surface area contributed by atoms with Crippen LogP contribution in [0, 0.1) is 11.3 Å². The maximum atomic E-state index is 9.09. The smallest absolute Gasteiger partial charge is 0.137 e. The van der Waals surface area contributed by atoms with Crippen molar-refractivity contribution < 1.29 is 9.47 Å². The molecule has 0 aromatic heterocycles. The minimum atomic E-state index is 0.392. The predicted octanol–water partition coefficient (Wildman–Crippen LogP) is 4.90. The molecule has 0 atom stereocenters. The fourth-order valence-corrected chi connectivity index (χ4v) is 2.47. The fraction of sp³-hybridized carbons (Fsp3) is 0.278. The lowest BCUT2D eigenvalue weighted by Gasteiger charge is -2.14. The van der Waals surface area contributed by atoms with Crippen LogP contribution in [0.2, 0.25) is 0 Å². The van der Waals surface area contributed by atoms with E-state index >= 15 is 0 Å². The summed E-state index contributed by atoms with van der Waals surface area (Å²) in [5.74, 6) is 1.87. The van der Waals surface area contributed by atoms with Gasteiger partial charge in [0.15, 0.2) is 0 Å². The van der Waals surface area contributed by atoms with Crippen LogP contribution in [0.4, 0.5) is 0 Å². The minimum Gasteiger partial charge on any atom is -0.490 e. The molecule has 2 aromatic carbocycles. The second kappa shape index (κ2) is 7.86. The first-order chi connectivity index (χ1) is 10.6. The average molecular weight is 360 g/mol. The monoisotopic (exact) mass is 359 g/mol. The van der Waals surface area contributed by atoms with Crippen LogP contribution >= 0.6 is 15.9 Å². The summed E-state index contributed by atoms with van der Waals surface area (Å²) in [6, 6.07) is 15.5. The number of hydrogen-bond donors (Lipinski definition) is 0. The Morgan fingerprint density at radius 3 is 2.41 bits per heavy atom. The van der Waals surface area contributed by atoms with Crippen molar-refractivity contribution in [2.24, 2.45) is 0 Å². The van der Waals surface area contributed by atoms with Gasteiger partial charge in [0.05, 0.1) is 5.56 Å². The van der Waals surface area contributed by atoms with Crippen molar-refractivity contribution in [1.82, 2.24) is 0 Å². The molecule has 2 aromatic rings. The van der Waals surface area contributed by atoms with E-state index in [1.165, 1.54) is 5.56 Å². The molecular weight excluding hydrogens is 342 g/mol. The highest BCUT2D eigenvalue weighted by molar-refractivity contribution is 9.10. The van der Waals surface area contributed by atoms with Gasteiger partial charge < -0.3 is 9.47 Å². The lowest BCUT2D eigenvalue weighted by Crippen LogP contribution is -2.10. The summed E-state index contributed by atoms with van der Waals surface area (Å²) < 4.78 is 12.3. The maximum absolute atomic E-state index is 9.09. The third-order valence-corrected chi connectivity index (χ3v) is 3.69. The van der Waals surface area contributed by atoms with E-state index in [9.17, 15) is 0 Å². The molecule has 0 aliphatic rings. The third-order valence-electron chi connectivity index (χ3n) is 3.20. The van der Waals surface area contributed by atoms with Gasteiger partial charge in [-0.15, -0.1) is 0 Å². The summed E-state index contributed by atoms with van der Waals surface area (Å²) in [7, 11) is 0. The highest BCUT2D eigenvalue weighted by atomic mass is 79.9. The molecule has 0 spiro atoms. The number of halogens is 1. The largest absolute Gasteiger partial charge is 0.490 e. The molecule has 2 rings (SSSR count). The lowest BCUT2D eigenvalue weighted by molar-refractivity contribution is 0.215.